The summed E-state index contributed by atoms with van der Waals surface area (Å²) < 4.78 is 16.5. The van der Waals surface area contributed by atoms with E-state index in [0.29, 0.717) is 41.7 Å². The summed E-state index contributed by atoms with van der Waals surface area (Å²) in [6, 6.07) is 13.7. The summed E-state index contributed by atoms with van der Waals surface area (Å²) in [6.45, 7) is 6.39. The van der Waals surface area contributed by atoms with Crippen LogP contribution in [0, 0.1) is 6.92 Å². The zero-order valence-corrected chi connectivity index (χ0v) is 17.2. The number of hydrogen-bond acceptors (Lipinski definition) is 5. The quantitative estimate of drug-likeness (QED) is 0.554. The molecule has 0 radical (unpaired) electrons. The van der Waals surface area contributed by atoms with Gasteiger partial charge in [-0.3, -0.25) is 9.59 Å². The van der Waals surface area contributed by atoms with Gasteiger partial charge < -0.3 is 24.5 Å². The maximum absolute atomic E-state index is 12.7. The van der Waals surface area contributed by atoms with Crippen molar-refractivity contribution in [3.8, 4) is 11.5 Å². The van der Waals surface area contributed by atoms with E-state index in [1.165, 1.54) is 6.26 Å². The van der Waals surface area contributed by atoms with Crippen LogP contribution in [0.3, 0.4) is 0 Å². The van der Waals surface area contributed by atoms with E-state index in [2.05, 4.69) is 10.6 Å². The first-order valence-corrected chi connectivity index (χ1v) is 9.68. The van der Waals surface area contributed by atoms with E-state index in [-0.39, 0.29) is 11.7 Å². The van der Waals surface area contributed by atoms with E-state index in [4.69, 9.17) is 13.9 Å². The van der Waals surface area contributed by atoms with Gasteiger partial charge in [-0.1, -0.05) is 17.7 Å². The van der Waals surface area contributed by atoms with Crippen LogP contribution in [0.4, 0.5) is 11.4 Å². The molecule has 0 unspecified atom stereocenters. The first-order valence-electron chi connectivity index (χ1n) is 9.68. The van der Waals surface area contributed by atoms with E-state index in [1.807, 2.05) is 32.9 Å². The topological polar surface area (TPSA) is 89.8 Å². The van der Waals surface area contributed by atoms with E-state index >= 15 is 0 Å². The van der Waals surface area contributed by atoms with Crippen LogP contribution in [0.1, 0.15) is 40.3 Å². The standard InChI is InChI=1S/C23H24N2O5/c1-4-28-20-14-18(25-23(27)19-7-6-12-30-19)21(29-5-2)13-17(20)24-22(26)16-10-8-15(3)9-11-16/h6-14H,4-5H2,1-3H3,(H,24,26)(H,25,27). The zero-order chi connectivity index (χ0) is 21.5. The Labute approximate surface area is 175 Å². The lowest BCUT2D eigenvalue weighted by atomic mass is 10.1. The molecule has 3 aromatic rings. The van der Waals surface area contributed by atoms with Gasteiger partial charge in [-0.25, -0.2) is 0 Å². The summed E-state index contributed by atoms with van der Waals surface area (Å²) in [5.41, 5.74) is 2.45. The predicted molar refractivity (Wildman–Crippen MR) is 115 cm³/mol. The smallest absolute Gasteiger partial charge is 0.291 e. The fourth-order valence-corrected chi connectivity index (χ4v) is 2.80. The Morgan fingerprint density at radius 3 is 1.93 bits per heavy atom. The molecule has 30 heavy (non-hydrogen) atoms. The molecule has 2 aromatic carbocycles. The third kappa shape index (κ3) is 5.00. The second-order valence-electron chi connectivity index (χ2n) is 6.46. The Morgan fingerprint density at radius 1 is 0.867 bits per heavy atom. The molecule has 0 spiro atoms. The molecule has 156 valence electrons. The summed E-state index contributed by atoms with van der Waals surface area (Å²) in [5, 5.41) is 5.63. The average Bonchev–Trinajstić information content (AvgIpc) is 3.27. The van der Waals surface area contributed by atoms with Crippen molar-refractivity contribution in [2.45, 2.75) is 20.8 Å². The van der Waals surface area contributed by atoms with Gasteiger partial charge in [0.15, 0.2) is 5.76 Å². The highest BCUT2D eigenvalue weighted by molar-refractivity contribution is 6.06. The van der Waals surface area contributed by atoms with Crippen molar-refractivity contribution in [2.24, 2.45) is 0 Å². The molecule has 0 bridgehead atoms. The fourth-order valence-electron chi connectivity index (χ4n) is 2.80. The molecular formula is C23H24N2O5. The van der Waals surface area contributed by atoms with Gasteiger partial charge in [0, 0.05) is 17.7 Å². The van der Waals surface area contributed by atoms with Gasteiger partial charge in [0.05, 0.1) is 30.9 Å². The number of aryl methyl sites for hydroxylation is 1. The minimum Gasteiger partial charge on any atom is -0.492 e. The summed E-state index contributed by atoms with van der Waals surface area (Å²) in [7, 11) is 0. The summed E-state index contributed by atoms with van der Waals surface area (Å²) in [4.78, 5) is 25.1. The number of ether oxygens (including phenoxy) is 2. The number of hydrogen-bond donors (Lipinski definition) is 2. The Hall–Kier alpha value is -3.74. The van der Waals surface area contributed by atoms with Crippen LogP contribution in [0.5, 0.6) is 11.5 Å². The normalized spacial score (nSPS) is 10.4. The largest absolute Gasteiger partial charge is 0.492 e. The Bertz CT molecular complexity index is 1010. The van der Waals surface area contributed by atoms with Crippen molar-refractivity contribution in [3.63, 3.8) is 0 Å². The number of benzene rings is 2. The number of rotatable bonds is 8. The highest BCUT2D eigenvalue weighted by Gasteiger charge is 2.18. The summed E-state index contributed by atoms with van der Waals surface area (Å²) in [6.07, 6.45) is 1.42. The van der Waals surface area contributed by atoms with E-state index < -0.39 is 5.91 Å². The average molecular weight is 408 g/mol. The lowest BCUT2D eigenvalue weighted by Crippen LogP contribution is -2.15. The molecule has 1 heterocycles. The van der Waals surface area contributed by atoms with Crippen LogP contribution < -0.4 is 20.1 Å². The lowest BCUT2D eigenvalue weighted by molar-refractivity contribution is 0.0993. The van der Waals surface area contributed by atoms with E-state index in [9.17, 15) is 9.59 Å². The number of amides is 2. The van der Waals surface area contributed by atoms with Crippen LogP contribution >= 0.6 is 0 Å². The molecule has 2 N–H and O–H groups in total. The van der Waals surface area contributed by atoms with Gasteiger partial charge in [0.25, 0.3) is 11.8 Å². The number of carbonyl (C=O) groups excluding carboxylic acids is 2. The van der Waals surface area contributed by atoms with Gasteiger partial charge in [0.1, 0.15) is 11.5 Å². The van der Waals surface area contributed by atoms with Crippen LogP contribution in [-0.4, -0.2) is 25.0 Å². The van der Waals surface area contributed by atoms with Crippen LogP contribution in [0.15, 0.2) is 59.2 Å². The second kappa shape index (κ2) is 9.65. The third-order valence-corrected chi connectivity index (χ3v) is 4.24. The van der Waals surface area contributed by atoms with Crippen LogP contribution in [0.25, 0.3) is 0 Å². The summed E-state index contributed by atoms with van der Waals surface area (Å²) >= 11 is 0. The number of furan rings is 1. The van der Waals surface area contributed by atoms with E-state index in [1.54, 1.807) is 36.4 Å². The Kier molecular flexibility index (Phi) is 6.75. The van der Waals surface area contributed by atoms with E-state index in [0.717, 1.165) is 5.56 Å². The molecule has 1 aromatic heterocycles. The molecule has 0 atom stereocenters. The first-order chi connectivity index (χ1) is 14.5. The number of nitrogens with one attached hydrogen (secondary N) is 2. The van der Waals surface area contributed by atoms with Crippen molar-refractivity contribution in [1.29, 1.82) is 0 Å². The minimum atomic E-state index is -0.417. The molecule has 2 amide bonds. The van der Waals surface area contributed by atoms with Crippen molar-refractivity contribution in [3.05, 3.63) is 71.7 Å². The van der Waals surface area contributed by atoms with Crippen LogP contribution in [-0.2, 0) is 0 Å². The number of carbonyl (C=O) groups is 2. The van der Waals surface area contributed by atoms with Gasteiger partial charge >= 0.3 is 0 Å². The van der Waals surface area contributed by atoms with Crippen molar-refractivity contribution >= 4 is 23.2 Å². The first kappa shape index (κ1) is 21.0. The monoisotopic (exact) mass is 408 g/mol. The maximum atomic E-state index is 12.7. The summed E-state index contributed by atoms with van der Waals surface area (Å²) in [5.74, 6) is 0.300. The SMILES string of the molecule is CCOc1cc(NC(=O)c2ccco2)c(OCC)cc1NC(=O)c1ccc(C)cc1. The van der Waals surface area contributed by atoms with Gasteiger partial charge in [-0.05, 0) is 45.0 Å². The zero-order valence-electron chi connectivity index (χ0n) is 17.2. The molecule has 3 rings (SSSR count). The highest BCUT2D eigenvalue weighted by Crippen LogP contribution is 2.37. The third-order valence-electron chi connectivity index (χ3n) is 4.24. The minimum absolute atomic E-state index is 0.173. The van der Waals surface area contributed by atoms with Crippen molar-refractivity contribution < 1.29 is 23.5 Å². The molecule has 7 heteroatoms. The molecule has 0 aliphatic rings. The van der Waals surface area contributed by atoms with Crippen molar-refractivity contribution in [1.82, 2.24) is 0 Å². The lowest BCUT2D eigenvalue weighted by Gasteiger charge is -2.17. The Balaban J connectivity index is 1.92. The predicted octanol–water partition coefficient (Wildman–Crippen LogP) is 4.89. The van der Waals surface area contributed by atoms with Crippen molar-refractivity contribution in [2.75, 3.05) is 23.8 Å². The maximum Gasteiger partial charge on any atom is 0.291 e. The molecule has 0 saturated heterocycles. The molecule has 0 aliphatic heterocycles. The molecule has 0 fully saturated rings. The fraction of sp³-hybridized carbons (Fsp3) is 0.217. The molecule has 0 aliphatic carbocycles. The second-order valence-corrected chi connectivity index (χ2v) is 6.46. The Morgan fingerprint density at radius 2 is 1.43 bits per heavy atom. The van der Waals surface area contributed by atoms with Gasteiger partial charge in [-0.15, -0.1) is 0 Å². The van der Waals surface area contributed by atoms with Gasteiger partial charge in [0.2, 0.25) is 0 Å². The van der Waals surface area contributed by atoms with Gasteiger partial charge in [-0.2, -0.15) is 0 Å². The number of anilines is 2. The van der Waals surface area contributed by atoms with Crippen LogP contribution in [0.2, 0.25) is 0 Å². The molecule has 7 nitrogen and oxygen atoms in total. The molecule has 0 saturated carbocycles. The highest BCUT2D eigenvalue weighted by atomic mass is 16.5. The molecular weight excluding hydrogens is 384 g/mol.